The Morgan fingerprint density at radius 1 is 0.526 bits per heavy atom. The average Bonchev–Trinajstić information content (AvgIpc) is 2.92. The van der Waals surface area contributed by atoms with E-state index in [-0.39, 0.29) is 11.8 Å². The number of rotatable bonds is 7. The Hall–Kier alpha value is -4.58. The van der Waals surface area contributed by atoms with Crippen LogP contribution < -0.4 is 20.1 Å². The van der Waals surface area contributed by atoms with E-state index in [1.54, 1.807) is 14.2 Å². The maximum atomic E-state index is 12.8. The molecule has 4 rings (SSSR count). The second-order valence-electron chi connectivity index (χ2n) is 9.34. The molecule has 0 aliphatic rings. The molecule has 0 saturated heterocycles. The van der Waals surface area contributed by atoms with Crippen molar-refractivity contribution in [1.29, 1.82) is 0 Å². The summed E-state index contributed by atoms with van der Waals surface area (Å²) in [6.45, 7) is 7.99. The number of aryl methyl sites for hydroxylation is 4. The second kappa shape index (κ2) is 11.2. The lowest BCUT2D eigenvalue weighted by atomic mass is 10.0. The molecule has 0 aromatic heterocycles. The molecule has 0 saturated carbocycles. The van der Waals surface area contributed by atoms with E-state index in [9.17, 15) is 9.59 Å². The predicted molar refractivity (Wildman–Crippen MR) is 153 cm³/mol. The number of ether oxygens (including phenoxy) is 2. The Labute approximate surface area is 223 Å². The highest BCUT2D eigenvalue weighted by Gasteiger charge is 2.15. The Morgan fingerprint density at radius 3 is 1.26 bits per heavy atom. The zero-order chi connectivity index (χ0) is 27.4. The fourth-order valence-electron chi connectivity index (χ4n) is 4.10. The molecule has 6 nitrogen and oxygen atoms in total. The number of amides is 2. The van der Waals surface area contributed by atoms with Gasteiger partial charge in [-0.15, -0.1) is 0 Å². The van der Waals surface area contributed by atoms with Gasteiger partial charge in [0, 0.05) is 11.1 Å². The van der Waals surface area contributed by atoms with Gasteiger partial charge < -0.3 is 20.1 Å². The van der Waals surface area contributed by atoms with Gasteiger partial charge >= 0.3 is 0 Å². The van der Waals surface area contributed by atoms with Gasteiger partial charge in [0.05, 0.1) is 25.6 Å². The molecule has 0 unspecified atom stereocenters. The molecule has 4 aromatic carbocycles. The van der Waals surface area contributed by atoms with Crippen LogP contribution in [0.1, 0.15) is 43.0 Å². The molecular formula is C32H32N2O4. The van der Waals surface area contributed by atoms with Gasteiger partial charge in [0.15, 0.2) is 0 Å². The van der Waals surface area contributed by atoms with Crippen LogP contribution in [-0.2, 0) is 0 Å². The van der Waals surface area contributed by atoms with Crippen LogP contribution in [0.3, 0.4) is 0 Å². The third-order valence-electron chi connectivity index (χ3n) is 6.77. The summed E-state index contributed by atoms with van der Waals surface area (Å²) in [5.41, 5.74) is 8.44. The number of anilines is 2. The van der Waals surface area contributed by atoms with Crippen molar-refractivity contribution in [2.45, 2.75) is 27.7 Å². The topological polar surface area (TPSA) is 76.7 Å². The van der Waals surface area contributed by atoms with Crippen molar-refractivity contribution in [3.05, 3.63) is 106 Å². The molecule has 0 bridgehead atoms. The minimum Gasteiger partial charge on any atom is -0.495 e. The molecule has 0 atom stereocenters. The maximum absolute atomic E-state index is 12.8. The standard InChI is InChI=1S/C32H32N2O4/c1-19-7-9-25(15-21(19)3)31(35)33-27-13-11-23(17-29(27)37-5)24-12-14-28(30(18-24)38-6)34-32(36)26-10-8-20(2)22(4)16-26/h7-18H,1-6H3,(H,33,35)(H,34,36). The quantitative estimate of drug-likeness (QED) is 0.279. The summed E-state index contributed by atoms with van der Waals surface area (Å²) in [6.07, 6.45) is 0. The molecule has 0 spiro atoms. The molecule has 194 valence electrons. The lowest BCUT2D eigenvalue weighted by molar-refractivity contribution is 0.101. The molecule has 2 N–H and O–H groups in total. The number of methoxy groups -OCH3 is 2. The van der Waals surface area contributed by atoms with Gasteiger partial charge in [0.2, 0.25) is 0 Å². The lowest BCUT2D eigenvalue weighted by Gasteiger charge is -2.15. The summed E-state index contributed by atoms with van der Waals surface area (Å²) in [5, 5.41) is 5.89. The predicted octanol–water partition coefficient (Wildman–Crippen LogP) is 7.11. The molecule has 0 aliphatic heterocycles. The minimum atomic E-state index is -0.204. The lowest BCUT2D eigenvalue weighted by Crippen LogP contribution is -2.13. The zero-order valence-corrected chi connectivity index (χ0v) is 22.6. The van der Waals surface area contributed by atoms with Crippen LogP contribution in [-0.4, -0.2) is 26.0 Å². The Morgan fingerprint density at radius 2 is 0.921 bits per heavy atom. The van der Waals surface area contributed by atoms with E-state index >= 15 is 0 Å². The van der Waals surface area contributed by atoms with Crippen molar-refractivity contribution in [2.75, 3.05) is 24.9 Å². The molecule has 6 heteroatoms. The van der Waals surface area contributed by atoms with E-state index in [1.165, 1.54) is 0 Å². The van der Waals surface area contributed by atoms with Gasteiger partial charge in [-0.05, 0) is 110 Å². The van der Waals surface area contributed by atoms with Crippen molar-refractivity contribution in [2.24, 2.45) is 0 Å². The van der Waals surface area contributed by atoms with Crippen molar-refractivity contribution >= 4 is 23.2 Å². The molecule has 0 aliphatic carbocycles. The van der Waals surface area contributed by atoms with Gasteiger partial charge in [-0.25, -0.2) is 0 Å². The minimum absolute atomic E-state index is 0.204. The third kappa shape index (κ3) is 5.70. The summed E-state index contributed by atoms with van der Waals surface area (Å²) in [4.78, 5) is 25.7. The highest BCUT2D eigenvalue weighted by Crippen LogP contribution is 2.35. The number of hydrogen-bond acceptors (Lipinski definition) is 4. The molecule has 2 amide bonds. The van der Waals surface area contributed by atoms with Crippen LogP contribution in [0.4, 0.5) is 11.4 Å². The summed E-state index contributed by atoms with van der Waals surface area (Å²) < 4.78 is 11.2. The van der Waals surface area contributed by atoms with E-state index in [0.29, 0.717) is 34.0 Å². The highest BCUT2D eigenvalue weighted by molar-refractivity contribution is 6.06. The van der Waals surface area contributed by atoms with E-state index in [4.69, 9.17) is 9.47 Å². The van der Waals surface area contributed by atoms with Gasteiger partial charge in [0.25, 0.3) is 11.8 Å². The van der Waals surface area contributed by atoms with Crippen molar-refractivity contribution < 1.29 is 19.1 Å². The fourth-order valence-corrected chi connectivity index (χ4v) is 4.10. The van der Waals surface area contributed by atoms with Crippen LogP contribution in [0.25, 0.3) is 11.1 Å². The van der Waals surface area contributed by atoms with Gasteiger partial charge in [-0.2, -0.15) is 0 Å². The fraction of sp³-hybridized carbons (Fsp3) is 0.188. The van der Waals surface area contributed by atoms with E-state index in [0.717, 1.165) is 33.4 Å². The highest BCUT2D eigenvalue weighted by atomic mass is 16.5. The molecular weight excluding hydrogens is 476 g/mol. The van der Waals surface area contributed by atoms with Gasteiger partial charge in [0.1, 0.15) is 11.5 Å². The van der Waals surface area contributed by atoms with Crippen LogP contribution >= 0.6 is 0 Å². The van der Waals surface area contributed by atoms with Crippen LogP contribution in [0.2, 0.25) is 0 Å². The van der Waals surface area contributed by atoms with Crippen LogP contribution in [0.15, 0.2) is 72.8 Å². The molecule has 4 aromatic rings. The average molecular weight is 509 g/mol. The normalized spacial score (nSPS) is 10.6. The molecule has 0 fully saturated rings. The number of carbonyl (C=O) groups is 2. The smallest absolute Gasteiger partial charge is 0.255 e. The number of benzene rings is 4. The van der Waals surface area contributed by atoms with E-state index in [1.807, 2.05) is 100 Å². The van der Waals surface area contributed by atoms with Gasteiger partial charge in [-0.3, -0.25) is 9.59 Å². The Balaban J connectivity index is 1.56. The summed E-state index contributed by atoms with van der Waals surface area (Å²) in [5.74, 6) is 0.658. The van der Waals surface area contributed by atoms with Gasteiger partial charge in [-0.1, -0.05) is 24.3 Å². The summed E-state index contributed by atoms with van der Waals surface area (Å²) >= 11 is 0. The van der Waals surface area contributed by atoms with Crippen molar-refractivity contribution in [3.8, 4) is 22.6 Å². The SMILES string of the molecule is COc1cc(-c2ccc(NC(=O)c3ccc(C)c(C)c3)c(OC)c2)ccc1NC(=O)c1ccc(C)c(C)c1. The molecule has 38 heavy (non-hydrogen) atoms. The van der Waals surface area contributed by atoms with E-state index in [2.05, 4.69) is 10.6 Å². The largest absolute Gasteiger partial charge is 0.495 e. The summed E-state index contributed by atoms with van der Waals surface area (Å²) in [7, 11) is 3.13. The summed E-state index contributed by atoms with van der Waals surface area (Å²) in [6, 6.07) is 22.4. The first-order chi connectivity index (χ1) is 18.2. The first-order valence-electron chi connectivity index (χ1n) is 12.3. The second-order valence-corrected chi connectivity index (χ2v) is 9.34. The first kappa shape index (κ1) is 26.5. The van der Waals surface area contributed by atoms with Crippen LogP contribution in [0.5, 0.6) is 11.5 Å². The number of nitrogens with one attached hydrogen (secondary N) is 2. The van der Waals surface area contributed by atoms with E-state index < -0.39 is 0 Å². The number of carbonyl (C=O) groups excluding carboxylic acids is 2. The first-order valence-corrected chi connectivity index (χ1v) is 12.3. The number of hydrogen-bond donors (Lipinski definition) is 2. The van der Waals surface area contributed by atoms with Crippen LogP contribution in [0, 0.1) is 27.7 Å². The Kier molecular flexibility index (Phi) is 7.82. The Bertz CT molecular complexity index is 1410. The monoisotopic (exact) mass is 508 g/mol. The third-order valence-corrected chi connectivity index (χ3v) is 6.77. The zero-order valence-electron chi connectivity index (χ0n) is 22.6. The molecule has 0 heterocycles. The maximum Gasteiger partial charge on any atom is 0.255 e. The van der Waals surface area contributed by atoms with Crippen molar-refractivity contribution in [3.63, 3.8) is 0 Å². The molecule has 0 radical (unpaired) electrons. The van der Waals surface area contributed by atoms with Crippen molar-refractivity contribution in [1.82, 2.24) is 0 Å².